The monoisotopic (exact) mass is 367 g/mol. The Bertz CT molecular complexity index is 775. The highest BCUT2D eigenvalue weighted by molar-refractivity contribution is 6.39. The van der Waals surface area contributed by atoms with Crippen molar-refractivity contribution in [1.29, 1.82) is 0 Å². The third kappa shape index (κ3) is 3.50. The zero-order valence-electron chi connectivity index (χ0n) is 13.0. The fourth-order valence-electron chi connectivity index (χ4n) is 2.86. The van der Waals surface area contributed by atoms with E-state index in [0.29, 0.717) is 46.3 Å². The van der Waals surface area contributed by atoms with Crippen molar-refractivity contribution in [3.05, 3.63) is 51.8 Å². The minimum absolute atomic E-state index is 0.113. The lowest BCUT2D eigenvalue weighted by Gasteiger charge is -2.28. The van der Waals surface area contributed by atoms with E-state index < -0.39 is 0 Å². The molecule has 0 aliphatic carbocycles. The van der Waals surface area contributed by atoms with Gasteiger partial charge in [0.25, 0.3) is 0 Å². The molecule has 0 bridgehead atoms. The first-order chi connectivity index (χ1) is 11.5. The fourth-order valence-corrected chi connectivity index (χ4v) is 3.46. The number of nitrogens with one attached hydrogen (secondary N) is 1. The van der Waals surface area contributed by atoms with Gasteiger partial charge in [-0.3, -0.25) is 4.79 Å². The number of rotatable bonds is 3. The third-order valence-electron chi connectivity index (χ3n) is 3.96. The molecule has 0 aromatic heterocycles. The molecular weight excluding hydrogens is 352 g/mol. The topological polar surface area (TPSA) is 38.3 Å². The summed E-state index contributed by atoms with van der Waals surface area (Å²) in [5.41, 5.74) is 1.87. The van der Waals surface area contributed by atoms with Crippen LogP contribution >= 0.6 is 23.2 Å². The van der Waals surface area contributed by atoms with E-state index >= 15 is 0 Å². The summed E-state index contributed by atoms with van der Waals surface area (Å²) in [5.74, 6) is 0.106. The molecule has 1 aliphatic rings. The van der Waals surface area contributed by atoms with Gasteiger partial charge >= 0.3 is 0 Å². The summed E-state index contributed by atoms with van der Waals surface area (Å²) in [7, 11) is 0. The molecule has 126 valence electrons. The van der Waals surface area contributed by atoms with E-state index in [4.69, 9.17) is 27.9 Å². The van der Waals surface area contributed by atoms with Gasteiger partial charge in [-0.1, -0.05) is 29.3 Å². The highest BCUT2D eigenvalue weighted by atomic mass is 35.5. The smallest absolute Gasteiger partial charge is 0.217 e. The molecule has 0 saturated carbocycles. The molecular formula is C18H16Cl2FNO2. The van der Waals surface area contributed by atoms with E-state index in [9.17, 15) is 9.18 Å². The van der Waals surface area contributed by atoms with Crippen LogP contribution in [0.25, 0.3) is 11.1 Å². The number of amides is 1. The SMILES string of the molecule is CC(=O)NCC1CCc2cc(F)cc(-c3c(Cl)cccc3Cl)c2O1. The second-order valence-corrected chi connectivity index (χ2v) is 6.57. The van der Waals surface area contributed by atoms with Crippen molar-refractivity contribution in [3.8, 4) is 16.9 Å². The molecule has 3 nitrogen and oxygen atoms in total. The molecule has 1 heterocycles. The Morgan fingerprint density at radius 2 is 2.04 bits per heavy atom. The Kier molecular flexibility index (Phi) is 4.97. The van der Waals surface area contributed by atoms with Crippen LogP contribution in [-0.4, -0.2) is 18.6 Å². The van der Waals surface area contributed by atoms with Crippen molar-refractivity contribution in [2.45, 2.75) is 25.9 Å². The maximum absolute atomic E-state index is 14.1. The summed E-state index contributed by atoms with van der Waals surface area (Å²) in [6, 6.07) is 8.00. The van der Waals surface area contributed by atoms with Gasteiger partial charge in [-0.2, -0.15) is 0 Å². The molecule has 0 fully saturated rings. The number of carbonyl (C=O) groups is 1. The predicted molar refractivity (Wildman–Crippen MR) is 93.3 cm³/mol. The van der Waals surface area contributed by atoms with E-state index in [1.807, 2.05) is 0 Å². The predicted octanol–water partition coefficient (Wildman–Crippen LogP) is 4.63. The van der Waals surface area contributed by atoms with Gasteiger partial charge in [0.15, 0.2) is 0 Å². The second kappa shape index (κ2) is 6.99. The summed E-state index contributed by atoms with van der Waals surface area (Å²) in [6.45, 7) is 1.86. The van der Waals surface area contributed by atoms with Crippen LogP contribution in [0.1, 0.15) is 18.9 Å². The minimum atomic E-state index is -0.358. The summed E-state index contributed by atoms with van der Waals surface area (Å²) in [6.07, 6.45) is 1.19. The molecule has 1 unspecified atom stereocenters. The number of hydrogen-bond acceptors (Lipinski definition) is 2. The third-order valence-corrected chi connectivity index (χ3v) is 4.59. The van der Waals surface area contributed by atoms with Gasteiger partial charge in [0.1, 0.15) is 17.7 Å². The summed E-state index contributed by atoms with van der Waals surface area (Å²) in [5, 5.41) is 3.62. The van der Waals surface area contributed by atoms with E-state index in [1.54, 1.807) is 18.2 Å². The quantitative estimate of drug-likeness (QED) is 0.858. The van der Waals surface area contributed by atoms with Crippen LogP contribution in [0.4, 0.5) is 4.39 Å². The van der Waals surface area contributed by atoms with Crippen molar-refractivity contribution in [2.75, 3.05) is 6.54 Å². The van der Waals surface area contributed by atoms with Crippen molar-refractivity contribution >= 4 is 29.1 Å². The van der Waals surface area contributed by atoms with Crippen molar-refractivity contribution in [3.63, 3.8) is 0 Å². The van der Waals surface area contributed by atoms with Crippen LogP contribution in [-0.2, 0) is 11.2 Å². The lowest BCUT2D eigenvalue weighted by atomic mass is 9.95. The molecule has 0 radical (unpaired) electrons. The summed E-state index contributed by atoms with van der Waals surface area (Å²) in [4.78, 5) is 11.1. The average Bonchev–Trinajstić information content (AvgIpc) is 2.52. The molecule has 0 saturated heterocycles. The molecule has 6 heteroatoms. The number of benzene rings is 2. The van der Waals surface area contributed by atoms with Crippen LogP contribution in [0.3, 0.4) is 0 Å². The first kappa shape index (κ1) is 17.1. The Hall–Kier alpha value is -1.78. The standard InChI is InChI=1S/C18H16Cl2FNO2/c1-10(23)22-9-13-6-5-11-7-12(21)8-14(18(11)24-13)17-15(19)3-2-4-16(17)20/h2-4,7-8,13H,5-6,9H2,1H3,(H,22,23). The van der Waals surface area contributed by atoms with Gasteiger partial charge in [0, 0.05) is 18.1 Å². The maximum Gasteiger partial charge on any atom is 0.217 e. The fraction of sp³-hybridized carbons (Fsp3) is 0.278. The molecule has 2 aromatic carbocycles. The molecule has 3 rings (SSSR count). The lowest BCUT2D eigenvalue weighted by molar-refractivity contribution is -0.119. The average molecular weight is 368 g/mol. The van der Waals surface area contributed by atoms with E-state index in [0.717, 1.165) is 5.56 Å². The van der Waals surface area contributed by atoms with Gasteiger partial charge in [-0.05, 0) is 42.7 Å². The van der Waals surface area contributed by atoms with Crippen LogP contribution in [0.15, 0.2) is 30.3 Å². The Labute approximate surface area is 149 Å². The number of ether oxygens (including phenoxy) is 1. The Morgan fingerprint density at radius 3 is 2.71 bits per heavy atom. The molecule has 24 heavy (non-hydrogen) atoms. The number of carbonyl (C=O) groups excluding carboxylic acids is 1. The molecule has 1 atom stereocenters. The van der Waals surface area contributed by atoms with Crippen LogP contribution in [0, 0.1) is 5.82 Å². The van der Waals surface area contributed by atoms with E-state index in [-0.39, 0.29) is 17.8 Å². The van der Waals surface area contributed by atoms with Crippen molar-refractivity contribution in [1.82, 2.24) is 5.32 Å². The van der Waals surface area contributed by atoms with E-state index in [2.05, 4.69) is 5.32 Å². The largest absolute Gasteiger partial charge is 0.488 e. The molecule has 1 aliphatic heterocycles. The highest BCUT2D eigenvalue weighted by Gasteiger charge is 2.25. The van der Waals surface area contributed by atoms with Gasteiger partial charge in [0.05, 0.1) is 16.6 Å². The highest BCUT2D eigenvalue weighted by Crippen LogP contribution is 2.44. The van der Waals surface area contributed by atoms with Gasteiger partial charge < -0.3 is 10.1 Å². The lowest BCUT2D eigenvalue weighted by Crippen LogP contribution is -2.36. The van der Waals surface area contributed by atoms with E-state index in [1.165, 1.54) is 19.1 Å². The van der Waals surface area contributed by atoms with Gasteiger partial charge in [0.2, 0.25) is 5.91 Å². The molecule has 2 aromatic rings. The van der Waals surface area contributed by atoms with Crippen molar-refractivity contribution < 1.29 is 13.9 Å². The summed E-state index contributed by atoms with van der Waals surface area (Å²) >= 11 is 12.6. The molecule has 1 amide bonds. The summed E-state index contributed by atoms with van der Waals surface area (Å²) < 4.78 is 20.1. The first-order valence-corrected chi connectivity index (χ1v) is 8.39. The molecule has 0 spiro atoms. The van der Waals surface area contributed by atoms with Gasteiger partial charge in [-0.15, -0.1) is 0 Å². The van der Waals surface area contributed by atoms with Crippen LogP contribution < -0.4 is 10.1 Å². The second-order valence-electron chi connectivity index (χ2n) is 5.75. The zero-order chi connectivity index (χ0) is 17.3. The Morgan fingerprint density at radius 1 is 1.33 bits per heavy atom. The first-order valence-electron chi connectivity index (χ1n) is 7.63. The minimum Gasteiger partial charge on any atom is -0.488 e. The number of fused-ring (bicyclic) bond motifs is 1. The number of aryl methyl sites for hydroxylation is 1. The number of hydrogen-bond donors (Lipinski definition) is 1. The zero-order valence-corrected chi connectivity index (χ0v) is 14.5. The number of halogens is 3. The maximum atomic E-state index is 14.1. The normalized spacial score (nSPS) is 16.2. The molecule has 1 N–H and O–H groups in total. The van der Waals surface area contributed by atoms with Crippen LogP contribution in [0.5, 0.6) is 5.75 Å². The van der Waals surface area contributed by atoms with Gasteiger partial charge in [-0.25, -0.2) is 4.39 Å². The Balaban J connectivity index is 2.03. The van der Waals surface area contributed by atoms with Crippen molar-refractivity contribution in [2.24, 2.45) is 0 Å². The van der Waals surface area contributed by atoms with Crippen LogP contribution in [0.2, 0.25) is 10.0 Å².